The van der Waals surface area contributed by atoms with Gasteiger partial charge >= 0.3 is 0 Å². The molecule has 0 saturated heterocycles. The Morgan fingerprint density at radius 2 is 1.86 bits per heavy atom. The molecule has 2 aromatic carbocycles. The van der Waals surface area contributed by atoms with Gasteiger partial charge in [-0.3, -0.25) is 9.98 Å². The average Bonchev–Trinajstić information content (AvgIpc) is 2.77. The van der Waals surface area contributed by atoms with Gasteiger partial charge in [0.15, 0.2) is 0 Å². The van der Waals surface area contributed by atoms with Crippen molar-refractivity contribution in [3.05, 3.63) is 77.5 Å². The standard InChI is InChI=1S/C25H27N3O/c1-3-4-6-20-15-19-16-21(29-2)12-13-22(19)24(28-20)17-8-10-18(11-9-17)25-23(26)7-5-14-27-25/h5,7-14,16,20H,3-4,6,15,26H2,1-2H3/t20-/m0/s1. The van der Waals surface area contributed by atoms with Gasteiger partial charge < -0.3 is 10.5 Å². The number of nitrogen functional groups attached to an aromatic ring is 1. The molecule has 2 heterocycles. The molecule has 0 radical (unpaired) electrons. The van der Waals surface area contributed by atoms with E-state index in [4.69, 9.17) is 15.5 Å². The Morgan fingerprint density at radius 1 is 1.07 bits per heavy atom. The molecule has 4 nitrogen and oxygen atoms in total. The number of methoxy groups -OCH3 is 1. The molecular formula is C25H27N3O. The number of fused-ring (bicyclic) bond motifs is 1. The Morgan fingerprint density at radius 3 is 2.59 bits per heavy atom. The van der Waals surface area contributed by atoms with Crippen LogP contribution in [0.1, 0.15) is 42.9 Å². The lowest BCUT2D eigenvalue weighted by molar-refractivity contribution is 0.414. The molecule has 4 heteroatoms. The summed E-state index contributed by atoms with van der Waals surface area (Å²) in [5, 5.41) is 0. The van der Waals surface area contributed by atoms with E-state index in [9.17, 15) is 0 Å². The Kier molecular flexibility index (Phi) is 5.61. The number of rotatable bonds is 6. The van der Waals surface area contributed by atoms with Crippen LogP contribution in [0.2, 0.25) is 0 Å². The molecule has 0 bridgehead atoms. The molecular weight excluding hydrogens is 358 g/mol. The van der Waals surface area contributed by atoms with E-state index in [-0.39, 0.29) is 0 Å². The average molecular weight is 386 g/mol. The highest BCUT2D eigenvalue weighted by Gasteiger charge is 2.22. The van der Waals surface area contributed by atoms with Crippen molar-refractivity contribution >= 4 is 11.4 Å². The molecule has 0 fully saturated rings. The fourth-order valence-electron chi connectivity index (χ4n) is 3.93. The van der Waals surface area contributed by atoms with E-state index in [0.717, 1.165) is 41.1 Å². The van der Waals surface area contributed by atoms with Crippen LogP contribution in [0, 0.1) is 0 Å². The van der Waals surface area contributed by atoms with Crippen molar-refractivity contribution in [1.29, 1.82) is 0 Å². The van der Waals surface area contributed by atoms with Crippen LogP contribution < -0.4 is 10.5 Å². The van der Waals surface area contributed by atoms with Crippen LogP contribution in [0.25, 0.3) is 11.3 Å². The molecule has 1 aromatic heterocycles. The minimum Gasteiger partial charge on any atom is -0.497 e. The maximum Gasteiger partial charge on any atom is 0.119 e. The SMILES string of the molecule is CCCC[C@H]1Cc2cc(OC)ccc2C(c2ccc(-c3ncccc3N)cc2)=N1. The first-order chi connectivity index (χ1) is 14.2. The van der Waals surface area contributed by atoms with Crippen molar-refractivity contribution in [2.45, 2.75) is 38.6 Å². The fourth-order valence-corrected chi connectivity index (χ4v) is 3.93. The highest BCUT2D eigenvalue weighted by Crippen LogP contribution is 2.30. The zero-order chi connectivity index (χ0) is 20.2. The van der Waals surface area contributed by atoms with Crippen molar-refractivity contribution in [3.63, 3.8) is 0 Å². The van der Waals surface area contributed by atoms with Gasteiger partial charge in [0.25, 0.3) is 0 Å². The number of nitrogens with zero attached hydrogens (tertiary/aromatic N) is 2. The first-order valence-corrected chi connectivity index (χ1v) is 10.3. The van der Waals surface area contributed by atoms with Gasteiger partial charge in [-0.1, -0.05) is 44.0 Å². The second kappa shape index (κ2) is 8.48. The van der Waals surface area contributed by atoms with Crippen molar-refractivity contribution < 1.29 is 4.74 Å². The van der Waals surface area contributed by atoms with Crippen LogP contribution in [-0.4, -0.2) is 23.8 Å². The normalized spacial score (nSPS) is 15.5. The second-order valence-corrected chi connectivity index (χ2v) is 7.52. The molecule has 0 spiro atoms. The maximum absolute atomic E-state index is 6.09. The number of hydrogen-bond donors (Lipinski definition) is 1. The molecule has 1 atom stereocenters. The minimum atomic E-state index is 0.315. The van der Waals surface area contributed by atoms with Gasteiger partial charge in [0.1, 0.15) is 5.75 Å². The van der Waals surface area contributed by atoms with Gasteiger partial charge in [-0.05, 0) is 48.7 Å². The van der Waals surface area contributed by atoms with Gasteiger partial charge in [0.05, 0.1) is 30.2 Å². The first-order valence-electron chi connectivity index (χ1n) is 10.3. The molecule has 148 valence electrons. The van der Waals surface area contributed by atoms with Crippen LogP contribution in [-0.2, 0) is 6.42 Å². The summed E-state index contributed by atoms with van der Waals surface area (Å²) in [5.41, 5.74) is 13.3. The van der Waals surface area contributed by atoms with Crippen molar-refractivity contribution in [2.75, 3.05) is 12.8 Å². The Labute approximate surface area is 172 Å². The highest BCUT2D eigenvalue weighted by atomic mass is 16.5. The Hall–Kier alpha value is -3.14. The van der Waals surface area contributed by atoms with Crippen molar-refractivity contribution in [1.82, 2.24) is 4.98 Å². The number of aromatic nitrogens is 1. The van der Waals surface area contributed by atoms with Gasteiger partial charge in [0.2, 0.25) is 0 Å². The monoisotopic (exact) mass is 385 g/mol. The number of pyridine rings is 1. The topological polar surface area (TPSA) is 60.5 Å². The highest BCUT2D eigenvalue weighted by molar-refractivity contribution is 6.14. The van der Waals surface area contributed by atoms with Gasteiger partial charge in [-0.15, -0.1) is 0 Å². The lowest BCUT2D eigenvalue weighted by Crippen LogP contribution is -2.22. The van der Waals surface area contributed by atoms with E-state index >= 15 is 0 Å². The molecule has 0 amide bonds. The third-order valence-electron chi connectivity index (χ3n) is 5.50. The predicted octanol–water partition coefficient (Wildman–Crippen LogP) is 5.29. The predicted molar refractivity (Wildman–Crippen MR) is 120 cm³/mol. The van der Waals surface area contributed by atoms with Gasteiger partial charge in [-0.2, -0.15) is 0 Å². The molecule has 0 aliphatic carbocycles. The maximum atomic E-state index is 6.09. The van der Waals surface area contributed by atoms with Crippen LogP contribution >= 0.6 is 0 Å². The van der Waals surface area contributed by atoms with Crippen molar-refractivity contribution in [3.8, 4) is 17.0 Å². The number of nitrogens with two attached hydrogens (primary N) is 1. The Balaban J connectivity index is 1.71. The zero-order valence-corrected chi connectivity index (χ0v) is 17.1. The molecule has 3 aromatic rings. The minimum absolute atomic E-state index is 0.315. The third kappa shape index (κ3) is 4.02. The molecule has 0 saturated carbocycles. The van der Waals surface area contributed by atoms with E-state index in [1.54, 1.807) is 13.3 Å². The number of benzene rings is 2. The van der Waals surface area contributed by atoms with Gasteiger partial charge in [0, 0.05) is 22.9 Å². The largest absolute Gasteiger partial charge is 0.497 e. The quantitative estimate of drug-likeness (QED) is 0.627. The van der Waals surface area contributed by atoms with E-state index in [1.807, 2.05) is 18.2 Å². The molecule has 0 unspecified atom stereocenters. The van der Waals surface area contributed by atoms with Crippen LogP contribution in [0.4, 0.5) is 5.69 Å². The number of ether oxygens (including phenoxy) is 1. The van der Waals surface area contributed by atoms with Crippen LogP contribution in [0.5, 0.6) is 5.75 Å². The summed E-state index contributed by atoms with van der Waals surface area (Å²) >= 11 is 0. The Bertz CT molecular complexity index is 1020. The lowest BCUT2D eigenvalue weighted by Gasteiger charge is -2.24. The number of hydrogen-bond acceptors (Lipinski definition) is 4. The molecule has 4 rings (SSSR count). The number of anilines is 1. The molecule has 2 N–H and O–H groups in total. The van der Waals surface area contributed by atoms with E-state index in [2.05, 4.69) is 48.3 Å². The van der Waals surface area contributed by atoms with E-state index in [0.29, 0.717) is 11.7 Å². The fraction of sp³-hybridized carbons (Fsp3) is 0.280. The number of aliphatic imine (C=N–C) groups is 1. The van der Waals surface area contributed by atoms with Crippen molar-refractivity contribution in [2.24, 2.45) is 4.99 Å². The molecule has 29 heavy (non-hydrogen) atoms. The smallest absolute Gasteiger partial charge is 0.119 e. The summed E-state index contributed by atoms with van der Waals surface area (Å²) in [6.07, 6.45) is 6.23. The lowest BCUT2D eigenvalue weighted by atomic mass is 9.88. The number of unbranched alkanes of at least 4 members (excludes halogenated alkanes) is 1. The summed E-state index contributed by atoms with van der Waals surface area (Å²) in [7, 11) is 1.72. The summed E-state index contributed by atoms with van der Waals surface area (Å²) in [5.74, 6) is 0.903. The van der Waals surface area contributed by atoms with E-state index in [1.165, 1.54) is 24.0 Å². The van der Waals surface area contributed by atoms with E-state index < -0.39 is 0 Å². The molecule has 1 aliphatic rings. The zero-order valence-electron chi connectivity index (χ0n) is 17.1. The second-order valence-electron chi connectivity index (χ2n) is 7.52. The van der Waals surface area contributed by atoms with Gasteiger partial charge in [-0.25, -0.2) is 0 Å². The summed E-state index contributed by atoms with van der Waals surface area (Å²) in [6, 6.07) is 18.8. The summed E-state index contributed by atoms with van der Waals surface area (Å²) < 4.78 is 5.45. The third-order valence-corrected chi connectivity index (χ3v) is 5.50. The van der Waals surface area contributed by atoms with Crippen LogP contribution in [0.3, 0.4) is 0 Å². The summed E-state index contributed by atoms with van der Waals surface area (Å²) in [4.78, 5) is 9.56. The molecule has 1 aliphatic heterocycles. The first kappa shape index (κ1) is 19.2. The van der Waals surface area contributed by atoms with Crippen LogP contribution in [0.15, 0.2) is 65.8 Å². The summed E-state index contributed by atoms with van der Waals surface area (Å²) in [6.45, 7) is 2.23.